The molecule has 0 bridgehead atoms. The number of carbonyl (C=O) groups is 1. The highest BCUT2D eigenvalue weighted by molar-refractivity contribution is 6.08. The van der Waals surface area contributed by atoms with Gasteiger partial charge in [-0.3, -0.25) is 4.79 Å². The van der Waals surface area contributed by atoms with Crippen molar-refractivity contribution in [2.24, 2.45) is 5.92 Å². The van der Waals surface area contributed by atoms with Gasteiger partial charge in [0.1, 0.15) is 23.1 Å². The van der Waals surface area contributed by atoms with Gasteiger partial charge in [0.15, 0.2) is 0 Å². The highest BCUT2D eigenvalue weighted by atomic mass is 16.5. The summed E-state index contributed by atoms with van der Waals surface area (Å²) in [6.07, 6.45) is 16.2. The molecule has 8 heteroatoms. The third kappa shape index (κ3) is 6.01. The third-order valence-corrected chi connectivity index (χ3v) is 5.86. The van der Waals surface area contributed by atoms with Crippen LogP contribution < -0.4 is 20.7 Å². The quantitative estimate of drug-likeness (QED) is 0.417. The minimum Gasteiger partial charge on any atom is -0.497 e. The second-order valence-corrected chi connectivity index (χ2v) is 8.24. The molecule has 3 aromatic rings. The number of anilines is 4. The van der Waals surface area contributed by atoms with Crippen LogP contribution in [0.15, 0.2) is 48.9 Å². The number of carbonyl (C=O) groups excluding carboxylic acids is 1. The molecule has 1 aliphatic rings. The maximum atomic E-state index is 13.1. The van der Waals surface area contributed by atoms with E-state index in [9.17, 15) is 4.79 Å². The number of pyridine rings is 1. The smallest absolute Gasteiger partial charge is 0.259 e. The molecule has 2 aromatic heterocycles. The maximum absolute atomic E-state index is 13.1. The number of nitrogens with one attached hydrogen (secondary N) is 3. The fourth-order valence-corrected chi connectivity index (χ4v) is 3.97. The topological polar surface area (TPSA) is 101 Å². The van der Waals surface area contributed by atoms with E-state index in [-0.39, 0.29) is 5.91 Å². The van der Waals surface area contributed by atoms with Crippen molar-refractivity contribution in [3.05, 3.63) is 60.2 Å². The number of amides is 1. The lowest BCUT2D eigenvalue weighted by Gasteiger charge is -2.23. The van der Waals surface area contributed by atoms with Crippen LogP contribution >= 0.6 is 0 Å². The zero-order valence-corrected chi connectivity index (χ0v) is 19.2. The second-order valence-electron chi connectivity index (χ2n) is 8.24. The van der Waals surface area contributed by atoms with Crippen molar-refractivity contribution >= 4 is 28.9 Å². The van der Waals surface area contributed by atoms with Gasteiger partial charge in [0.2, 0.25) is 0 Å². The van der Waals surface area contributed by atoms with Crippen LogP contribution in [-0.2, 0) is 0 Å². The zero-order chi connectivity index (χ0) is 23.8. The Morgan fingerprint density at radius 2 is 1.82 bits per heavy atom. The standard InChI is InChI=1S/C26H28N6O2/c1-3-19-15-29-25(17-27-19)32-24-13-23(28-14-18-7-5-4-6-8-18)22(16-30-24)26(33)31-20-9-11-21(34-2)12-10-20/h1,9-13,15-18H,4-8,14H2,2H3,(H,31,33)(H2,28,29,30,32). The summed E-state index contributed by atoms with van der Waals surface area (Å²) >= 11 is 0. The van der Waals surface area contributed by atoms with Gasteiger partial charge in [-0.25, -0.2) is 15.0 Å². The lowest BCUT2D eigenvalue weighted by Crippen LogP contribution is -2.20. The van der Waals surface area contributed by atoms with E-state index in [0.717, 1.165) is 12.3 Å². The van der Waals surface area contributed by atoms with Gasteiger partial charge >= 0.3 is 0 Å². The van der Waals surface area contributed by atoms with Gasteiger partial charge in [-0.1, -0.05) is 19.3 Å². The minimum absolute atomic E-state index is 0.242. The third-order valence-electron chi connectivity index (χ3n) is 5.86. The molecule has 8 nitrogen and oxygen atoms in total. The SMILES string of the molecule is C#Cc1cnc(Nc2cc(NCC3CCCCC3)c(C(=O)Nc3ccc(OC)cc3)cn2)cn1. The van der Waals surface area contributed by atoms with E-state index in [0.29, 0.717) is 40.2 Å². The van der Waals surface area contributed by atoms with Crippen LogP contribution in [0.3, 0.4) is 0 Å². The molecule has 0 saturated heterocycles. The average molecular weight is 457 g/mol. The van der Waals surface area contributed by atoms with Crippen LogP contribution in [0.1, 0.15) is 48.2 Å². The first kappa shape index (κ1) is 23.1. The number of hydrogen-bond acceptors (Lipinski definition) is 7. The molecule has 3 N–H and O–H groups in total. The first-order valence-corrected chi connectivity index (χ1v) is 11.4. The van der Waals surface area contributed by atoms with E-state index in [1.165, 1.54) is 38.3 Å². The normalized spacial score (nSPS) is 13.5. The number of aromatic nitrogens is 3. The Morgan fingerprint density at radius 3 is 2.50 bits per heavy atom. The Morgan fingerprint density at radius 1 is 1.06 bits per heavy atom. The lowest BCUT2D eigenvalue weighted by atomic mass is 9.89. The maximum Gasteiger partial charge on any atom is 0.259 e. The molecule has 4 rings (SSSR count). The molecular weight excluding hydrogens is 428 g/mol. The van der Waals surface area contributed by atoms with Gasteiger partial charge < -0.3 is 20.7 Å². The molecule has 0 aliphatic heterocycles. The number of hydrogen-bond donors (Lipinski definition) is 3. The van der Waals surface area contributed by atoms with Gasteiger partial charge in [-0.2, -0.15) is 0 Å². The number of benzene rings is 1. The number of ether oxygens (including phenoxy) is 1. The summed E-state index contributed by atoms with van der Waals surface area (Å²) in [5, 5.41) is 9.55. The Hall–Kier alpha value is -4.12. The number of nitrogens with zero attached hydrogens (tertiary/aromatic N) is 3. The van der Waals surface area contributed by atoms with Crippen LogP contribution in [0.5, 0.6) is 5.75 Å². The summed E-state index contributed by atoms with van der Waals surface area (Å²) in [5.41, 5.74) is 2.31. The van der Waals surface area contributed by atoms with E-state index >= 15 is 0 Å². The van der Waals surface area contributed by atoms with Crippen LogP contribution in [0.25, 0.3) is 0 Å². The van der Waals surface area contributed by atoms with Crippen LogP contribution in [-0.4, -0.2) is 34.5 Å². The molecule has 0 spiro atoms. The summed E-state index contributed by atoms with van der Waals surface area (Å²) in [4.78, 5) is 25.9. The van der Waals surface area contributed by atoms with Gasteiger partial charge in [0.05, 0.1) is 30.8 Å². The van der Waals surface area contributed by atoms with Crippen molar-refractivity contribution in [2.75, 3.05) is 29.6 Å². The Kier molecular flexibility index (Phi) is 7.56. The van der Waals surface area contributed by atoms with Crippen molar-refractivity contribution < 1.29 is 9.53 Å². The Balaban J connectivity index is 1.53. The predicted octanol–water partition coefficient (Wildman–Crippen LogP) is 4.85. The van der Waals surface area contributed by atoms with E-state index in [1.54, 1.807) is 43.8 Å². The molecule has 0 radical (unpaired) electrons. The summed E-state index contributed by atoms with van der Waals surface area (Å²) in [7, 11) is 1.61. The van der Waals surface area contributed by atoms with Crippen molar-refractivity contribution in [1.29, 1.82) is 0 Å². The summed E-state index contributed by atoms with van der Waals surface area (Å²) in [5.74, 6) is 4.59. The molecule has 2 heterocycles. The van der Waals surface area contributed by atoms with Gasteiger partial charge in [0, 0.05) is 24.5 Å². The van der Waals surface area contributed by atoms with Gasteiger partial charge in [0.25, 0.3) is 5.91 Å². The van der Waals surface area contributed by atoms with E-state index in [1.807, 2.05) is 6.07 Å². The minimum atomic E-state index is -0.242. The molecule has 0 unspecified atom stereocenters. The average Bonchev–Trinajstić information content (AvgIpc) is 2.89. The van der Waals surface area contributed by atoms with Crippen LogP contribution in [0.2, 0.25) is 0 Å². The van der Waals surface area contributed by atoms with Crippen molar-refractivity contribution in [3.8, 4) is 18.1 Å². The molecule has 174 valence electrons. The number of terminal acetylenes is 1. The fraction of sp³-hybridized carbons (Fsp3) is 0.308. The van der Waals surface area contributed by atoms with Crippen molar-refractivity contribution in [2.45, 2.75) is 32.1 Å². The lowest BCUT2D eigenvalue weighted by molar-refractivity contribution is 0.102. The Bertz CT molecular complexity index is 1150. The van der Waals surface area contributed by atoms with Crippen molar-refractivity contribution in [3.63, 3.8) is 0 Å². The zero-order valence-electron chi connectivity index (χ0n) is 19.2. The Labute approximate surface area is 199 Å². The highest BCUT2D eigenvalue weighted by Gasteiger charge is 2.17. The molecule has 1 saturated carbocycles. The first-order chi connectivity index (χ1) is 16.6. The van der Waals surface area contributed by atoms with Gasteiger partial charge in [-0.15, -0.1) is 6.42 Å². The summed E-state index contributed by atoms with van der Waals surface area (Å²) in [6.45, 7) is 0.808. The molecule has 1 aliphatic carbocycles. The largest absolute Gasteiger partial charge is 0.497 e. The van der Waals surface area contributed by atoms with E-state index in [2.05, 4.69) is 36.8 Å². The predicted molar refractivity (Wildman–Crippen MR) is 133 cm³/mol. The molecular formula is C26H28N6O2. The van der Waals surface area contributed by atoms with E-state index in [4.69, 9.17) is 11.2 Å². The van der Waals surface area contributed by atoms with Crippen LogP contribution in [0.4, 0.5) is 23.0 Å². The molecule has 1 amide bonds. The number of methoxy groups -OCH3 is 1. The molecule has 34 heavy (non-hydrogen) atoms. The summed E-state index contributed by atoms with van der Waals surface area (Å²) < 4.78 is 5.18. The van der Waals surface area contributed by atoms with E-state index < -0.39 is 0 Å². The molecule has 0 atom stereocenters. The van der Waals surface area contributed by atoms with Crippen molar-refractivity contribution in [1.82, 2.24) is 15.0 Å². The second kappa shape index (κ2) is 11.1. The molecule has 1 fully saturated rings. The number of rotatable bonds is 8. The molecule has 1 aromatic carbocycles. The van der Waals surface area contributed by atoms with Gasteiger partial charge in [-0.05, 0) is 48.9 Å². The first-order valence-electron chi connectivity index (χ1n) is 11.4. The fourth-order valence-electron chi connectivity index (χ4n) is 3.97. The highest BCUT2D eigenvalue weighted by Crippen LogP contribution is 2.27. The van der Waals surface area contributed by atoms with Crippen LogP contribution in [0, 0.1) is 18.3 Å². The summed E-state index contributed by atoms with van der Waals surface area (Å²) in [6, 6.07) is 9.02. The monoisotopic (exact) mass is 456 g/mol.